The van der Waals surface area contributed by atoms with Crippen molar-refractivity contribution in [3.8, 4) is 0 Å². The van der Waals surface area contributed by atoms with Crippen LogP contribution in [0.15, 0.2) is 0 Å². The Morgan fingerprint density at radius 1 is 1.54 bits per heavy atom. The van der Waals surface area contributed by atoms with Crippen LogP contribution in [0.2, 0.25) is 0 Å². The zero-order chi connectivity index (χ0) is 10.5. The molecule has 0 saturated heterocycles. The van der Waals surface area contributed by atoms with Crippen LogP contribution in [0.5, 0.6) is 0 Å². The zero-order valence-electron chi connectivity index (χ0n) is 8.34. The van der Waals surface area contributed by atoms with Gasteiger partial charge in [0.2, 0.25) is 0 Å². The third-order valence-electron chi connectivity index (χ3n) is 1.25. The van der Waals surface area contributed by atoms with Crippen molar-refractivity contribution in [3.05, 3.63) is 0 Å². The summed E-state index contributed by atoms with van der Waals surface area (Å²) in [5.41, 5.74) is -0.0188. The fourth-order valence-corrected chi connectivity index (χ4v) is 0.832. The number of hydrogen-bond donors (Lipinski definition) is 1. The van der Waals surface area contributed by atoms with Crippen molar-refractivity contribution in [2.24, 2.45) is 5.41 Å². The average molecular weight is 253 g/mol. The number of alkyl halides is 1. The molecule has 0 amide bonds. The molecule has 0 aromatic carbocycles. The Morgan fingerprint density at radius 3 is 2.46 bits per heavy atom. The molecule has 0 aliphatic carbocycles. The van der Waals surface area contributed by atoms with Crippen LogP contribution in [0.25, 0.3) is 0 Å². The number of rotatable bonds is 4. The van der Waals surface area contributed by atoms with Crippen molar-refractivity contribution in [2.45, 2.75) is 33.3 Å². The second-order valence-electron chi connectivity index (χ2n) is 4.23. The summed E-state index contributed by atoms with van der Waals surface area (Å²) in [5, 5.41) is 9.51. The lowest BCUT2D eigenvalue weighted by atomic mass is 9.99. The van der Waals surface area contributed by atoms with E-state index in [2.05, 4.69) is 15.9 Å². The standard InChI is InChI=1S/C9H17BrO3/c1-9(2,3)6-13-8(12)4-7(11)5-10/h7,11H,4-6H2,1-3H3. The molecule has 0 aromatic heterocycles. The van der Waals surface area contributed by atoms with Crippen molar-refractivity contribution in [1.82, 2.24) is 0 Å². The number of carbonyl (C=O) groups excluding carboxylic acids is 1. The highest BCUT2D eigenvalue weighted by Crippen LogP contribution is 2.13. The summed E-state index contributed by atoms with van der Waals surface area (Å²) in [7, 11) is 0. The molecule has 78 valence electrons. The van der Waals surface area contributed by atoms with Crippen molar-refractivity contribution >= 4 is 21.9 Å². The highest BCUT2D eigenvalue weighted by atomic mass is 79.9. The molecular weight excluding hydrogens is 236 g/mol. The molecule has 0 saturated carbocycles. The van der Waals surface area contributed by atoms with Crippen molar-refractivity contribution < 1.29 is 14.6 Å². The van der Waals surface area contributed by atoms with E-state index in [4.69, 9.17) is 9.84 Å². The summed E-state index contributed by atoms with van der Waals surface area (Å²) in [6.45, 7) is 6.35. The largest absolute Gasteiger partial charge is 0.465 e. The van der Waals surface area contributed by atoms with E-state index in [1.807, 2.05) is 20.8 Å². The maximum atomic E-state index is 11.1. The molecule has 0 radical (unpaired) electrons. The van der Waals surface area contributed by atoms with Gasteiger partial charge >= 0.3 is 5.97 Å². The van der Waals surface area contributed by atoms with Crippen LogP contribution in [0.1, 0.15) is 27.2 Å². The second-order valence-corrected chi connectivity index (χ2v) is 4.88. The van der Waals surface area contributed by atoms with Gasteiger partial charge in [-0.2, -0.15) is 0 Å². The summed E-state index contributed by atoms with van der Waals surface area (Å²) in [6, 6.07) is 0. The lowest BCUT2D eigenvalue weighted by molar-refractivity contribution is -0.148. The lowest BCUT2D eigenvalue weighted by Crippen LogP contribution is -2.22. The third kappa shape index (κ3) is 8.25. The summed E-state index contributed by atoms with van der Waals surface area (Å²) in [4.78, 5) is 11.1. The van der Waals surface area contributed by atoms with E-state index < -0.39 is 6.10 Å². The Morgan fingerprint density at radius 2 is 2.08 bits per heavy atom. The van der Waals surface area contributed by atoms with Gasteiger partial charge in [0.1, 0.15) is 0 Å². The van der Waals surface area contributed by atoms with Gasteiger partial charge in [0.25, 0.3) is 0 Å². The highest BCUT2D eigenvalue weighted by Gasteiger charge is 2.15. The first-order valence-electron chi connectivity index (χ1n) is 4.25. The molecule has 0 aliphatic rings. The van der Waals surface area contributed by atoms with E-state index >= 15 is 0 Å². The molecule has 4 heteroatoms. The van der Waals surface area contributed by atoms with Crippen molar-refractivity contribution in [2.75, 3.05) is 11.9 Å². The average Bonchev–Trinajstić information content (AvgIpc) is 1.99. The van der Waals surface area contributed by atoms with Crippen LogP contribution in [-0.2, 0) is 9.53 Å². The first-order valence-corrected chi connectivity index (χ1v) is 5.37. The van der Waals surface area contributed by atoms with Crippen LogP contribution in [0.4, 0.5) is 0 Å². The van der Waals surface area contributed by atoms with Gasteiger partial charge < -0.3 is 9.84 Å². The van der Waals surface area contributed by atoms with Crippen LogP contribution in [-0.4, -0.2) is 29.1 Å². The number of aliphatic hydroxyl groups is 1. The monoisotopic (exact) mass is 252 g/mol. The van der Waals surface area contributed by atoms with E-state index in [1.165, 1.54) is 0 Å². The van der Waals surface area contributed by atoms with Crippen LogP contribution in [0.3, 0.4) is 0 Å². The van der Waals surface area contributed by atoms with Crippen LogP contribution >= 0.6 is 15.9 Å². The quantitative estimate of drug-likeness (QED) is 0.613. The van der Waals surface area contributed by atoms with Gasteiger partial charge in [-0.05, 0) is 5.41 Å². The smallest absolute Gasteiger partial charge is 0.308 e. The normalized spacial score (nSPS) is 13.9. The van der Waals surface area contributed by atoms with Gasteiger partial charge in [0.05, 0.1) is 19.1 Å². The Bertz CT molecular complexity index is 163. The Balaban J connectivity index is 3.64. The predicted octanol–water partition coefficient (Wildman–Crippen LogP) is 1.72. The Kier molecular flexibility index (Phi) is 5.56. The van der Waals surface area contributed by atoms with E-state index in [-0.39, 0.29) is 17.8 Å². The summed E-state index contributed by atoms with van der Waals surface area (Å²) in [5.74, 6) is -0.345. The third-order valence-corrected chi connectivity index (χ3v) is 1.99. The molecule has 1 N–H and O–H groups in total. The van der Waals surface area contributed by atoms with E-state index in [9.17, 15) is 4.79 Å². The molecule has 0 spiro atoms. The van der Waals surface area contributed by atoms with Gasteiger partial charge in [0.15, 0.2) is 0 Å². The van der Waals surface area contributed by atoms with E-state index in [0.717, 1.165) is 0 Å². The summed E-state index contributed by atoms with van der Waals surface area (Å²) in [6.07, 6.45) is -0.589. The Hall–Kier alpha value is -0.0900. The molecule has 13 heavy (non-hydrogen) atoms. The lowest BCUT2D eigenvalue weighted by Gasteiger charge is -2.18. The Labute approximate surface area is 87.6 Å². The predicted molar refractivity (Wildman–Crippen MR) is 54.8 cm³/mol. The number of aliphatic hydroxyl groups excluding tert-OH is 1. The van der Waals surface area contributed by atoms with E-state index in [0.29, 0.717) is 11.9 Å². The summed E-state index contributed by atoms with van der Waals surface area (Å²) < 4.78 is 4.96. The second kappa shape index (κ2) is 5.60. The first-order chi connectivity index (χ1) is 5.85. The van der Waals surface area contributed by atoms with E-state index in [1.54, 1.807) is 0 Å². The fraction of sp³-hybridized carbons (Fsp3) is 0.889. The van der Waals surface area contributed by atoms with Gasteiger partial charge in [-0.3, -0.25) is 4.79 Å². The van der Waals surface area contributed by atoms with Gasteiger partial charge in [0, 0.05) is 5.33 Å². The van der Waals surface area contributed by atoms with Crippen molar-refractivity contribution in [3.63, 3.8) is 0 Å². The number of ether oxygens (including phenoxy) is 1. The molecule has 0 heterocycles. The minimum Gasteiger partial charge on any atom is -0.465 e. The molecule has 1 unspecified atom stereocenters. The number of esters is 1. The molecule has 3 nitrogen and oxygen atoms in total. The van der Waals surface area contributed by atoms with Gasteiger partial charge in [-0.1, -0.05) is 36.7 Å². The number of halogens is 1. The highest BCUT2D eigenvalue weighted by molar-refractivity contribution is 9.09. The van der Waals surface area contributed by atoms with Gasteiger partial charge in [-0.25, -0.2) is 0 Å². The summed E-state index contributed by atoms with van der Waals surface area (Å²) >= 11 is 3.08. The fourth-order valence-electron chi connectivity index (χ4n) is 0.603. The van der Waals surface area contributed by atoms with Crippen LogP contribution < -0.4 is 0 Å². The molecule has 0 fully saturated rings. The molecule has 1 atom stereocenters. The molecule has 0 aromatic rings. The molecule has 0 rings (SSSR count). The minimum absolute atomic E-state index is 0.0188. The number of carbonyl (C=O) groups is 1. The van der Waals surface area contributed by atoms with Gasteiger partial charge in [-0.15, -0.1) is 0 Å². The maximum absolute atomic E-state index is 11.1. The topological polar surface area (TPSA) is 46.5 Å². The van der Waals surface area contributed by atoms with Crippen LogP contribution in [0, 0.1) is 5.41 Å². The maximum Gasteiger partial charge on any atom is 0.308 e. The minimum atomic E-state index is -0.646. The molecule has 0 aliphatic heterocycles. The number of hydrogen-bond acceptors (Lipinski definition) is 3. The van der Waals surface area contributed by atoms with Crippen molar-refractivity contribution in [1.29, 1.82) is 0 Å². The SMILES string of the molecule is CC(C)(C)COC(=O)CC(O)CBr. The zero-order valence-corrected chi connectivity index (χ0v) is 9.93. The molecule has 0 bridgehead atoms. The molecular formula is C9H17BrO3. The first kappa shape index (κ1) is 12.9.